The molecule has 0 bridgehead atoms. The molecule has 0 saturated heterocycles. The Morgan fingerprint density at radius 2 is 1.95 bits per heavy atom. The number of hydrogen-bond acceptors (Lipinski definition) is 4. The summed E-state index contributed by atoms with van der Waals surface area (Å²) in [7, 11) is 0. The SMILES string of the molecule is CC(N)(C(=O)Nc1cccc2c(=O)[nH][nH]c(=O)c12)C1CC1. The van der Waals surface area contributed by atoms with Gasteiger partial charge < -0.3 is 11.1 Å². The highest BCUT2D eigenvalue weighted by molar-refractivity contribution is 6.04. The van der Waals surface area contributed by atoms with Crippen molar-refractivity contribution in [3.63, 3.8) is 0 Å². The molecule has 0 radical (unpaired) electrons. The third-order valence-corrected chi connectivity index (χ3v) is 3.99. The number of rotatable bonds is 3. The van der Waals surface area contributed by atoms with Crippen LogP contribution in [0.15, 0.2) is 27.8 Å². The van der Waals surface area contributed by atoms with Crippen LogP contribution in [-0.2, 0) is 4.79 Å². The number of amides is 1. The van der Waals surface area contributed by atoms with Crippen molar-refractivity contribution in [1.82, 2.24) is 10.2 Å². The molecule has 1 unspecified atom stereocenters. The minimum Gasteiger partial charge on any atom is -0.324 e. The zero-order chi connectivity index (χ0) is 15.2. The fourth-order valence-electron chi connectivity index (χ4n) is 2.46. The number of benzene rings is 1. The van der Waals surface area contributed by atoms with E-state index in [2.05, 4.69) is 15.5 Å². The summed E-state index contributed by atoms with van der Waals surface area (Å²) >= 11 is 0. The average Bonchev–Trinajstić information content (AvgIpc) is 3.28. The predicted molar refractivity (Wildman–Crippen MR) is 79.1 cm³/mol. The number of aromatic nitrogens is 2. The van der Waals surface area contributed by atoms with Crippen molar-refractivity contribution in [1.29, 1.82) is 0 Å². The van der Waals surface area contributed by atoms with Crippen LogP contribution < -0.4 is 22.2 Å². The molecular formula is C14H16N4O3. The van der Waals surface area contributed by atoms with Crippen LogP contribution >= 0.6 is 0 Å². The molecule has 7 nitrogen and oxygen atoms in total. The minimum atomic E-state index is -0.976. The van der Waals surface area contributed by atoms with E-state index in [1.807, 2.05) is 0 Å². The largest absolute Gasteiger partial charge is 0.324 e. The summed E-state index contributed by atoms with van der Waals surface area (Å²) in [5, 5.41) is 7.56. The van der Waals surface area contributed by atoms with Gasteiger partial charge in [0.1, 0.15) is 0 Å². The Balaban J connectivity index is 2.06. The van der Waals surface area contributed by atoms with Crippen molar-refractivity contribution < 1.29 is 4.79 Å². The third-order valence-electron chi connectivity index (χ3n) is 3.99. The van der Waals surface area contributed by atoms with Crippen LogP contribution in [0.25, 0.3) is 10.8 Å². The number of nitrogens with two attached hydrogens (primary N) is 1. The van der Waals surface area contributed by atoms with Gasteiger partial charge in [-0.1, -0.05) is 6.07 Å². The van der Waals surface area contributed by atoms with Gasteiger partial charge in [-0.3, -0.25) is 24.6 Å². The van der Waals surface area contributed by atoms with E-state index in [-0.39, 0.29) is 22.6 Å². The minimum absolute atomic E-state index is 0.154. The lowest BCUT2D eigenvalue weighted by Crippen LogP contribution is -2.50. The smallest absolute Gasteiger partial charge is 0.272 e. The Kier molecular flexibility index (Phi) is 2.94. The molecule has 3 rings (SSSR count). The van der Waals surface area contributed by atoms with E-state index in [4.69, 9.17) is 5.73 Å². The summed E-state index contributed by atoms with van der Waals surface area (Å²) in [6.07, 6.45) is 1.85. The molecule has 1 saturated carbocycles. The van der Waals surface area contributed by atoms with Gasteiger partial charge in [-0.05, 0) is 37.8 Å². The number of hydrogen-bond donors (Lipinski definition) is 4. The first kappa shape index (κ1) is 13.6. The van der Waals surface area contributed by atoms with Gasteiger partial charge >= 0.3 is 0 Å². The molecule has 5 N–H and O–H groups in total. The number of carbonyl (C=O) groups excluding carboxylic acids is 1. The van der Waals surface area contributed by atoms with Crippen LogP contribution in [0.3, 0.4) is 0 Å². The average molecular weight is 288 g/mol. The zero-order valence-corrected chi connectivity index (χ0v) is 11.5. The van der Waals surface area contributed by atoms with E-state index in [1.165, 1.54) is 6.07 Å². The first-order valence-corrected chi connectivity index (χ1v) is 6.75. The molecule has 0 spiro atoms. The number of H-pyrrole nitrogens is 2. The molecular weight excluding hydrogens is 272 g/mol. The standard InChI is InChI=1S/C14H16N4O3/c1-14(15,7-5-6-7)13(21)16-9-4-2-3-8-10(9)12(20)18-17-11(8)19/h2-4,7H,5-6,15H2,1H3,(H,16,21)(H,17,19)(H,18,20). The summed E-state index contributed by atoms with van der Waals surface area (Å²) in [5.74, 6) is -0.189. The van der Waals surface area contributed by atoms with Crippen LogP contribution in [0, 0.1) is 5.92 Å². The normalized spacial score (nSPS) is 17.4. The fraction of sp³-hybridized carbons (Fsp3) is 0.357. The monoisotopic (exact) mass is 288 g/mol. The summed E-state index contributed by atoms with van der Waals surface area (Å²) in [6.45, 7) is 1.68. The Labute approximate surface area is 119 Å². The molecule has 1 aliphatic carbocycles. The van der Waals surface area contributed by atoms with Gasteiger partial charge in [-0.15, -0.1) is 0 Å². The highest BCUT2D eigenvalue weighted by atomic mass is 16.2. The molecule has 1 heterocycles. The summed E-state index contributed by atoms with van der Waals surface area (Å²) in [5.41, 5.74) is 4.49. The zero-order valence-electron chi connectivity index (χ0n) is 11.5. The van der Waals surface area contributed by atoms with Crippen molar-refractivity contribution in [3.8, 4) is 0 Å². The van der Waals surface area contributed by atoms with Gasteiger partial charge in [0.15, 0.2) is 0 Å². The van der Waals surface area contributed by atoms with Crippen LogP contribution in [0.2, 0.25) is 0 Å². The quantitative estimate of drug-likeness (QED) is 0.648. The molecule has 2 aromatic rings. The second-order valence-corrected chi connectivity index (χ2v) is 5.65. The van der Waals surface area contributed by atoms with Crippen molar-refractivity contribution >= 4 is 22.4 Å². The van der Waals surface area contributed by atoms with E-state index < -0.39 is 16.7 Å². The second-order valence-electron chi connectivity index (χ2n) is 5.65. The number of carbonyl (C=O) groups is 1. The summed E-state index contributed by atoms with van der Waals surface area (Å²) in [6, 6.07) is 4.72. The van der Waals surface area contributed by atoms with Crippen molar-refractivity contribution in [2.24, 2.45) is 11.7 Å². The fourth-order valence-corrected chi connectivity index (χ4v) is 2.46. The first-order valence-electron chi connectivity index (χ1n) is 6.75. The molecule has 1 aromatic carbocycles. The molecule has 1 aliphatic rings. The van der Waals surface area contributed by atoms with Gasteiger partial charge in [0, 0.05) is 0 Å². The molecule has 21 heavy (non-hydrogen) atoms. The topological polar surface area (TPSA) is 121 Å². The molecule has 110 valence electrons. The molecule has 0 aliphatic heterocycles. The lowest BCUT2D eigenvalue weighted by molar-refractivity contribution is -0.121. The van der Waals surface area contributed by atoms with E-state index in [0.717, 1.165) is 12.8 Å². The molecule has 1 aromatic heterocycles. The second kappa shape index (κ2) is 4.56. The molecule has 1 atom stereocenters. The highest BCUT2D eigenvalue weighted by Crippen LogP contribution is 2.38. The predicted octanol–water partition coefficient (Wildman–Crippen LogP) is 0.282. The van der Waals surface area contributed by atoms with E-state index >= 15 is 0 Å². The van der Waals surface area contributed by atoms with E-state index in [0.29, 0.717) is 5.69 Å². The van der Waals surface area contributed by atoms with Crippen molar-refractivity contribution in [2.75, 3.05) is 5.32 Å². The molecule has 1 amide bonds. The third kappa shape index (κ3) is 2.25. The number of aromatic amines is 2. The summed E-state index contributed by atoms with van der Waals surface area (Å²) in [4.78, 5) is 36.0. The maximum atomic E-state index is 12.3. The maximum Gasteiger partial charge on any atom is 0.272 e. The van der Waals surface area contributed by atoms with Crippen LogP contribution in [0.1, 0.15) is 19.8 Å². The van der Waals surface area contributed by atoms with Crippen molar-refractivity contribution in [3.05, 3.63) is 38.9 Å². The number of fused-ring (bicyclic) bond motifs is 1. The first-order chi connectivity index (χ1) is 9.91. The molecule has 1 fully saturated rings. The summed E-state index contributed by atoms with van der Waals surface area (Å²) < 4.78 is 0. The maximum absolute atomic E-state index is 12.3. The Morgan fingerprint density at radius 3 is 2.62 bits per heavy atom. The lowest BCUT2D eigenvalue weighted by atomic mass is 9.96. The highest BCUT2D eigenvalue weighted by Gasteiger charge is 2.44. The van der Waals surface area contributed by atoms with Gasteiger partial charge in [-0.2, -0.15) is 0 Å². The van der Waals surface area contributed by atoms with Crippen LogP contribution in [0.4, 0.5) is 5.69 Å². The van der Waals surface area contributed by atoms with Crippen LogP contribution in [-0.4, -0.2) is 21.6 Å². The Bertz CT molecular complexity index is 830. The van der Waals surface area contributed by atoms with Gasteiger partial charge in [0.25, 0.3) is 11.1 Å². The number of nitrogens with one attached hydrogen (secondary N) is 3. The number of anilines is 1. The van der Waals surface area contributed by atoms with Gasteiger partial charge in [0.05, 0.1) is 22.0 Å². The van der Waals surface area contributed by atoms with Gasteiger partial charge in [0.2, 0.25) is 5.91 Å². The van der Waals surface area contributed by atoms with Crippen LogP contribution in [0.5, 0.6) is 0 Å². The lowest BCUT2D eigenvalue weighted by Gasteiger charge is -2.23. The molecule has 7 heteroatoms. The Hall–Kier alpha value is -2.41. The van der Waals surface area contributed by atoms with E-state index in [1.54, 1.807) is 19.1 Å². The van der Waals surface area contributed by atoms with Crippen molar-refractivity contribution in [2.45, 2.75) is 25.3 Å². The van der Waals surface area contributed by atoms with Gasteiger partial charge in [-0.25, -0.2) is 0 Å². The Morgan fingerprint density at radius 1 is 1.29 bits per heavy atom. The van der Waals surface area contributed by atoms with E-state index in [9.17, 15) is 14.4 Å².